The van der Waals surface area contributed by atoms with Crippen LogP contribution in [0.15, 0.2) is 29.3 Å². The minimum atomic E-state index is 0.241. The van der Waals surface area contributed by atoms with Gasteiger partial charge in [-0.25, -0.2) is 0 Å². The smallest absolute Gasteiger partial charge is 0.223 e. The molecular formula is C23H37N5O. The normalized spacial score (nSPS) is 18.0. The first-order valence-electron chi connectivity index (χ1n) is 11.2. The van der Waals surface area contributed by atoms with Crippen molar-refractivity contribution in [2.24, 2.45) is 4.99 Å². The van der Waals surface area contributed by atoms with E-state index in [1.165, 1.54) is 56.4 Å². The van der Waals surface area contributed by atoms with Crippen molar-refractivity contribution in [1.82, 2.24) is 20.4 Å². The van der Waals surface area contributed by atoms with E-state index in [1.54, 1.807) is 0 Å². The number of likely N-dealkylation sites (tertiary alicyclic amines) is 1. The largest absolute Gasteiger partial charge is 0.356 e. The highest BCUT2D eigenvalue weighted by Gasteiger charge is 2.22. The van der Waals surface area contributed by atoms with Gasteiger partial charge in [0.05, 0.1) is 0 Å². The molecule has 160 valence electrons. The van der Waals surface area contributed by atoms with Crippen molar-refractivity contribution in [3.8, 4) is 0 Å². The van der Waals surface area contributed by atoms with E-state index in [1.807, 2.05) is 24.1 Å². The number of hydrogen-bond donors (Lipinski definition) is 2. The summed E-state index contributed by atoms with van der Waals surface area (Å²) in [5.41, 5.74) is 2.56. The molecule has 0 aromatic heterocycles. The zero-order valence-corrected chi connectivity index (χ0v) is 18.1. The lowest BCUT2D eigenvalue weighted by Crippen LogP contribution is -2.49. The van der Waals surface area contributed by atoms with Crippen LogP contribution >= 0.6 is 0 Å². The van der Waals surface area contributed by atoms with Crippen LogP contribution in [0.4, 0.5) is 0 Å². The third kappa shape index (κ3) is 6.46. The number of nitrogens with one attached hydrogen (secondary N) is 2. The minimum absolute atomic E-state index is 0.241. The van der Waals surface area contributed by atoms with Gasteiger partial charge in [0.2, 0.25) is 5.91 Å². The molecule has 2 aliphatic heterocycles. The van der Waals surface area contributed by atoms with Crippen LogP contribution in [0.1, 0.15) is 56.6 Å². The highest BCUT2D eigenvalue weighted by molar-refractivity contribution is 5.80. The maximum atomic E-state index is 12.5. The number of guanidine groups is 1. The Bertz CT molecular complexity index is 657. The number of nitrogens with zero attached hydrogens (tertiary/aromatic N) is 3. The Morgan fingerprint density at radius 2 is 1.83 bits per heavy atom. The summed E-state index contributed by atoms with van der Waals surface area (Å²) in [5, 5.41) is 6.93. The quantitative estimate of drug-likeness (QED) is 0.401. The van der Waals surface area contributed by atoms with Crippen LogP contribution in [0, 0.1) is 0 Å². The van der Waals surface area contributed by atoms with Gasteiger partial charge in [-0.2, -0.15) is 0 Å². The summed E-state index contributed by atoms with van der Waals surface area (Å²) in [6, 6.07) is 8.82. The van der Waals surface area contributed by atoms with Crippen LogP contribution in [-0.2, 0) is 17.9 Å². The van der Waals surface area contributed by atoms with Gasteiger partial charge in [-0.1, -0.05) is 37.6 Å². The van der Waals surface area contributed by atoms with Crippen LogP contribution in [-0.4, -0.2) is 60.9 Å². The molecule has 0 spiro atoms. The van der Waals surface area contributed by atoms with Gasteiger partial charge >= 0.3 is 0 Å². The van der Waals surface area contributed by atoms with Gasteiger partial charge in [0.1, 0.15) is 0 Å². The van der Waals surface area contributed by atoms with Gasteiger partial charge < -0.3 is 20.4 Å². The van der Waals surface area contributed by atoms with Gasteiger partial charge in [-0.05, 0) is 43.4 Å². The van der Waals surface area contributed by atoms with E-state index < -0.39 is 0 Å². The average Bonchev–Trinajstić information content (AvgIpc) is 3.19. The molecule has 0 saturated carbocycles. The molecule has 2 N–H and O–H groups in total. The number of hydrogen-bond acceptors (Lipinski definition) is 3. The maximum absolute atomic E-state index is 12.5. The molecule has 0 radical (unpaired) electrons. The van der Waals surface area contributed by atoms with E-state index in [4.69, 9.17) is 0 Å². The van der Waals surface area contributed by atoms with Crippen LogP contribution in [0.3, 0.4) is 0 Å². The lowest BCUT2D eigenvalue weighted by molar-refractivity contribution is -0.131. The van der Waals surface area contributed by atoms with Crippen LogP contribution in [0.25, 0.3) is 0 Å². The molecule has 0 atom stereocenters. The fraction of sp³-hybridized carbons (Fsp3) is 0.652. The molecule has 2 heterocycles. The Labute approximate surface area is 175 Å². The second-order valence-electron chi connectivity index (χ2n) is 8.23. The van der Waals surface area contributed by atoms with Gasteiger partial charge in [0.15, 0.2) is 5.96 Å². The first kappa shape index (κ1) is 21.6. The third-order valence-electron chi connectivity index (χ3n) is 6.03. The standard InChI is InChI=1S/C23H37N5O/c1-3-4-14-27-15-11-21(12-16-27)26-23(24-2)25-13-7-10-22(29)28-17-19-8-5-6-9-20(19)18-28/h5-6,8-9,21H,3-4,7,10-18H2,1-2H3,(H2,24,25,26). The van der Waals surface area contributed by atoms with E-state index in [-0.39, 0.29) is 5.91 Å². The monoisotopic (exact) mass is 399 g/mol. The molecule has 0 aliphatic carbocycles. The predicted octanol–water partition coefficient (Wildman–Crippen LogP) is 2.74. The summed E-state index contributed by atoms with van der Waals surface area (Å²) in [4.78, 5) is 21.4. The summed E-state index contributed by atoms with van der Waals surface area (Å²) in [6.07, 6.45) is 6.29. The SMILES string of the molecule is CCCCN1CCC(NC(=NC)NCCCC(=O)N2Cc3ccccc3C2)CC1. The van der Waals surface area contributed by atoms with Crippen molar-refractivity contribution in [2.75, 3.05) is 33.2 Å². The Hall–Kier alpha value is -2.08. The van der Waals surface area contributed by atoms with Crippen molar-refractivity contribution >= 4 is 11.9 Å². The number of unbranched alkanes of at least 4 members (excludes halogenated alkanes) is 1. The molecular weight excluding hydrogens is 362 g/mol. The lowest BCUT2D eigenvalue weighted by atomic mass is 10.0. The van der Waals surface area contributed by atoms with Crippen molar-refractivity contribution in [1.29, 1.82) is 0 Å². The number of piperidine rings is 1. The molecule has 1 aromatic carbocycles. The van der Waals surface area contributed by atoms with Gasteiger partial charge in [0.25, 0.3) is 0 Å². The molecule has 3 rings (SSSR count). The zero-order valence-electron chi connectivity index (χ0n) is 18.1. The first-order chi connectivity index (χ1) is 14.2. The Balaban J connectivity index is 1.30. The Morgan fingerprint density at radius 3 is 2.45 bits per heavy atom. The molecule has 2 aliphatic rings. The minimum Gasteiger partial charge on any atom is -0.356 e. The number of benzene rings is 1. The molecule has 29 heavy (non-hydrogen) atoms. The number of aliphatic imine (C=N–C) groups is 1. The molecule has 0 bridgehead atoms. The lowest BCUT2D eigenvalue weighted by Gasteiger charge is -2.33. The average molecular weight is 400 g/mol. The second kappa shape index (κ2) is 11.2. The summed E-state index contributed by atoms with van der Waals surface area (Å²) in [7, 11) is 1.82. The molecule has 6 nitrogen and oxygen atoms in total. The molecule has 1 amide bonds. The molecule has 1 fully saturated rings. The number of fused-ring (bicyclic) bond motifs is 1. The van der Waals surface area contributed by atoms with Crippen molar-refractivity contribution in [2.45, 2.75) is 64.6 Å². The molecule has 6 heteroatoms. The van der Waals surface area contributed by atoms with Crippen molar-refractivity contribution < 1.29 is 4.79 Å². The summed E-state index contributed by atoms with van der Waals surface area (Å²) >= 11 is 0. The summed E-state index contributed by atoms with van der Waals surface area (Å²) < 4.78 is 0. The van der Waals surface area contributed by atoms with E-state index in [0.29, 0.717) is 12.5 Å². The second-order valence-corrected chi connectivity index (χ2v) is 8.23. The molecule has 0 unspecified atom stereocenters. The fourth-order valence-electron chi connectivity index (χ4n) is 4.18. The number of amides is 1. The van der Waals surface area contributed by atoms with E-state index in [9.17, 15) is 4.79 Å². The molecule has 1 aromatic rings. The van der Waals surface area contributed by atoms with Crippen LogP contribution < -0.4 is 10.6 Å². The van der Waals surface area contributed by atoms with Crippen LogP contribution in [0.5, 0.6) is 0 Å². The van der Waals surface area contributed by atoms with Crippen molar-refractivity contribution in [3.05, 3.63) is 35.4 Å². The van der Waals surface area contributed by atoms with Gasteiger partial charge in [-0.15, -0.1) is 0 Å². The summed E-state index contributed by atoms with van der Waals surface area (Å²) in [6.45, 7) is 8.09. The maximum Gasteiger partial charge on any atom is 0.223 e. The predicted molar refractivity (Wildman–Crippen MR) is 119 cm³/mol. The van der Waals surface area contributed by atoms with Crippen molar-refractivity contribution in [3.63, 3.8) is 0 Å². The Morgan fingerprint density at radius 1 is 1.14 bits per heavy atom. The topological polar surface area (TPSA) is 60.0 Å². The third-order valence-corrected chi connectivity index (χ3v) is 6.03. The fourth-order valence-corrected chi connectivity index (χ4v) is 4.18. The van der Waals surface area contributed by atoms with E-state index in [2.05, 4.69) is 39.6 Å². The van der Waals surface area contributed by atoms with E-state index >= 15 is 0 Å². The molecule has 1 saturated heterocycles. The van der Waals surface area contributed by atoms with E-state index in [0.717, 1.165) is 32.0 Å². The number of carbonyl (C=O) groups is 1. The first-order valence-corrected chi connectivity index (χ1v) is 11.2. The highest BCUT2D eigenvalue weighted by atomic mass is 16.2. The van der Waals surface area contributed by atoms with Crippen LogP contribution in [0.2, 0.25) is 0 Å². The van der Waals surface area contributed by atoms with Gasteiger partial charge in [-0.3, -0.25) is 9.79 Å². The number of rotatable bonds is 8. The highest BCUT2D eigenvalue weighted by Crippen LogP contribution is 2.22. The summed E-state index contributed by atoms with van der Waals surface area (Å²) in [5.74, 6) is 1.10. The number of carbonyl (C=O) groups excluding carboxylic acids is 1. The van der Waals surface area contributed by atoms with Gasteiger partial charge in [0, 0.05) is 52.2 Å². The zero-order chi connectivity index (χ0) is 20.5. The Kier molecular flexibility index (Phi) is 8.35.